The number of hydrogen-bond acceptors (Lipinski definition) is 5. The number of hydrogen-bond donors (Lipinski definition) is 2. The fourth-order valence-electron chi connectivity index (χ4n) is 2.92. The van der Waals surface area contributed by atoms with Gasteiger partial charge in [-0.2, -0.15) is 0 Å². The van der Waals surface area contributed by atoms with Crippen molar-refractivity contribution in [3.8, 4) is 5.75 Å². The largest absolute Gasteiger partial charge is 0.497 e. The van der Waals surface area contributed by atoms with Crippen molar-refractivity contribution in [2.75, 3.05) is 37.5 Å². The van der Waals surface area contributed by atoms with E-state index in [-0.39, 0.29) is 5.91 Å². The minimum Gasteiger partial charge on any atom is -0.497 e. The Hall–Kier alpha value is -3.54. The second-order valence-electron chi connectivity index (χ2n) is 6.62. The number of nitrogens with one attached hydrogen (secondary N) is 2. The van der Waals surface area contributed by atoms with Crippen molar-refractivity contribution in [1.82, 2.24) is 10.3 Å². The third kappa shape index (κ3) is 5.72. The Morgan fingerprint density at radius 1 is 1.03 bits per heavy atom. The minimum atomic E-state index is -0.142. The van der Waals surface area contributed by atoms with Gasteiger partial charge in [-0.1, -0.05) is 18.2 Å². The lowest BCUT2D eigenvalue weighted by Crippen LogP contribution is -2.28. The van der Waals surface area contributed by atoms with E-state index in [4.69, 9.17) is 4.74 Å². The van der Waals surface area contributed by atoms with Gasteiger partial charge in [-0.15, -0.1) is 0 Å². The molecule has 3 rings (SSSR count). The summed E-state index contributed by atoms with van der Waals surface area (Å²) in [5, 5.41) is 6.18. The number of aromatic nitrogens is 1. The molecule has 29 heavy (non-hydrogen) atoms. The number of pyridine rings is 1. The van der Waals surface area contributed by atoms with Crippen LogP contribution in [0.2, 0.25) is 0 Å². The molecule has 0 spiro atoms. The van der Waals surface area contributed by atoms with Crippen LogP contribution in [0.5, 0.6) is 5.75 Å². The van der Waals surface area contributed by atoms with Crippen LogP contribution in [0, 0.1) is 0 Å². The summed E-state index contributed by atoms with van der Waals surface area (Å²) < 4.78 is 5.17. The first-order chi connectivity index (χ1) is 14.2. The van der Waals surface area contributed by atoms with E-state index < -0.39 is 0 Å². The van der Waals surface area contributed by atoms with Gasteiger partial charge < -0.3 is 20.3 Å². The number of nitrogens with zero attached hydrogens (tertiary/aromatic N) is 2. The second kappa shape index (κ2) is 10.1. The van der Waals surface area contributed by atoms with E-state index in [0.717, 1.165) is 30.1 Å². The van der Waals surface area contributed by atoms with Crippen LogP contribution in [-0.2, 0) is 0 Å². The zero-order chi connectivity index (χ0) is 20.5. The van der Waals surface area contributed by atoms with Crippen molar-refractivity contribution in [2.45, 2.75) is 6.42 Å². The maximum absolute atomic E-state index is 12.6. The lowest BCUT2D eigenvalue weighted by molar-refractivity contribution is 0.0954. The number of anilines is 3. The van der Waals surface area contributed by atoms with Gasteiger partial charge in [0.1, 0.15) is 11.6 Å². The molecule has 1 aromatic heterocycles. The molecule has 0 radical (unpaired) electrons. The molecule has 3 aromatic rings. The van der Waals surface area contributed by atoms with E-state index in [2.05, 4.69) is 39.7 Å². The smallest absolute Gasteiger partial charge is 0.255 e. The van der Waals surface area contributed by atoms with Crippen molar-refractivity contribution >= 4 is 23.1 Å². The lowest BCUT2D eigenvalue weighted by atomic mass is 10.2. The molecule has 0 saturated heterocycles. The predicted molar refractivity (Wildman–Crippen MR) is 117 cm³/mol. The monoisotopic (exact) mass is 390 g/mol. The van der Waals surface area contributed by atoms with Gasteiger partial charge in [-0.05, 0) is 55.0 Å². The molecular formula is C23H26N4O2. The third-order valence-electron chi connectivity index (χ3n) is 4.56. The van der Waals surface area contributed by atoms with Crippen LogP contribution in [0.25, 0.3) is 0 Å². The molecule has 2 aromatic carbocycles. The van der Waals surface area contributed by atoms with Gasteiger partial charge in [0.15, 0.2) is 0 Å². The Labute approximate surface area is 171 Å². The van der Waals surface area contributed by atoms with E-state index >= 15 is 0 Å². The van der Waals surface area contributed by atoms with Gasteiger partial charge in [0.2, 0.25) is 0 Å². The van der Waals surface area contributed by atoms with Crippen LogP contribution in [-0.4, -0.2) is 38.1 Å². The highest BCUT2D eigenvalue weighted by molar-refractivity contribution is 5.99. The summed E-state index contributed by atoms with van der Waals surface area (Å²) in [6.07, 6.45) is 2.51. The number of benzene rings is 2. The molecule has 6 heteroatoms. The summed E-state index contributed by atoms with van der Waals surface area (Å²) in [6, 6.07) is 21.2. The molecular weight excluding hydrogens is 364 g/mol. The fraction of sp³-hybridized carbons (Fsp3) is 0.217. The molecule has 0 aliphatic carbocycles. The number of methoxy groups -OCH3 is 1. The van der Waals surface area contributed by atoms with E-state index in [1.165, 1.54) is 0 Å². The van der Waals surface area contributed by atoms with Crippen LogP contribution in [0.15, 0.2) is 72.9 Å². The minimum absolute atomic E-state index is 0.142. The van der Waals surface area contributed by atoms with E-state index in [1.54, 1.807) is 25.4 Å². The molecule has 2 N–H and O–H groups in total. The number of ether oxygens (including phenoxy) is 1. The van der Waals surface area contributed by atoms with Gasteiger partial charge in [-0.3, -0.25) is 4.79 Å². The fourth-order valence-corrected chi connectivity index (χ4v) is 2.92. The predicted octanol–water partition coefficient (Wildman–Crippen LogP) is 4.09. The van der Waals surface area contributed by atoms with E-state index in [1.807, 2.05) is 42.5 Å². The molecule has 0 aliphatic rings. The van der Waals surface area contributed by atoms with Gasteiger partial charge >= 0.3 is 0 Å². The number of amides is 1. The number of carbonyl (C=O) groups excluding carboxylic acids is 1. The SMILES string of the molecule is COc1ccc(Nc2ncccc2C(=O)NCCCN(C)c2ccccc2)cc1. The Morgan fingerprint density at radius 3 is 2.52 bits per heavy atom. The zero-order valence-electron chi connectivity index (χ0n) is 16.8. The van der Waals surface area contributed by atoms with Crippen LogP contribution < -0.4 is 20.3 Å². The lowest BCUT2D eigenvalue weighted by Gasteiger charge is -2.19. The summed E-state index contributed by atoms with van der Waals surface area (Å²) in [5.41, 5.74) is 2.51. The third-order valence-corrected chi connectivity index (χ3v) is 4.56. The molecule has 150 valence electrons. The Bertz CT molecular complexity index is 914. The Kier molecular flexibility index (Phi) is 7.05. The molecule has 1 amide bonds. The maximum atomic E-state index is 12.6. The van der Waals surface area contributed by atoms with Crippen LogP contribution in [0.1, 0.15) is 16.8 Å². The Balaban J connectivity index is 1.54. The van der Waals surface area contributed by atoms with Crippen molar-refractivity contribution in [3.05, 3.63) is 78.5 Å². The molecule has 0 atom stereocenters. The summed E-state index contributed by atoms with van der Waals surface area (Å²) >= 11 is 0. The topological polar surface area (TPSA) is 66.5 Å². The Morgan fingerprint density at radius 2 is 1.79 bits per heavy atom. The molecule has 6 nitrogen and oxygen atoms in total. The molecule has 0 fully saturated rings. The summed E-state index contributed by atoms with van der Waals surface area (Å²) in [6.45, 7) is 1.45. The standard InChI is InChI=1S/C23H26N4O2/c1-27(19-8-4-3-5-9-19)17-7-16-25-23(28)21-10-6-15-24-22(21)26-18-11-13-20(29-2)14-12-18/h3-6,8-15H,7,16-17H2,1-2H3,(H,24,26)(H,25,28). The number of carbonyl (C=O) groups is 1. The molecule has 0 aliphatic heterocycles. The van der Waals surface area contributed by atoms with E-state index in [9.17, 15) is 4.79 Å². The quantitative estimate of drug-likeness (QED) is 0.539. The average Bonchev–Trinajstić information content (AvgIpc) is 2.78. The van der Waals surface area contributed by atoms with Crippen molar-refractivity contribution in [3.63, 3.8) is 0 Å². The first-order valence-electron chi connectivity index (χ1n) is 9.58. The summed E-state index contributed by atoms with van der Waals surface area (Å²) in [5.74, 6) is 1.16. The molecule has 0 bridgehead atoms. The summed E-state index contributed by atoms with van der Waals surface area (Å²) in [4.78, 5) is 19.1. The first-order valence-corrected chi connectivity index (χ1v) is 9.58. The van der Waals surface area contributed by atoms with Crippen molar-refractivity contribution in [1.29, 1.82) is 0 Å². The van der Waals surface area contributed by atoms with Crippen LogP contribution in [0.3, 0.4) is 0 Å². The van der Waals surface area contributed by atoms with Gasteiger partial charge in [0, 0.05) is 37.7 Å². The van der Waals surface area contributed by atoms with Gasteiger partial charge in [0.05, 0.1) is 12.7 Å². The molecule has 0 saturated carbocycles. The van der Waals surface area contributed by atoms with Crippen LogP contribution >= 0.6 is 0 Å². The number of para-hydroxylation sites is 1. The number of rotatable bonds is 9. The van der Waals surface area contributed by atoms with Crippen molar-refractivity contribution in [2.24, 2.45) is 0 Å². The highest BCUT2D eigenvalue weighted by Gasteiger charge is 2.12. The highest BCUT2D eigenvalue weighted by atomic mass is 16.5. The van der Waals surface area contributed by atoms with Gasteiger partial charge in [-0.25, -0.2) is 4.98 Å². The zero-order valence-corrected chi connectivity index (χ0v) is 16.8. The van der Waals surface area contributed by atoms with Crippen molar-refractivity contribution < 1.29 is 9.53 Å². The maximum Gasteiger partial charge on any atom is 0.255 e. The average molecular weight is 390 g/mol. The molecule has 1 heterocycles. The second-order valence-corrected chi connectivity index (χ2v) is 6.62. The highest BCUT2D eigenvalue weighted by Crippen LogP contribution is 2.21. The first kappa shape index (κ1) is 20.2. The van der Waals surface area contributed by atoms with Crippen LogP contribution in [0.4, 0.5) is 17.2 Å². The normalized spacial score (nSPS) is 10.3. The van der Waals surface area contributed by atoms with E-state index in [0.29, 0.717) is 17.9 Å². The van der Waals surface area contributed by atoms with Gasteiger partial charge in [0.25, 0.3) is 5.91 Å². The molecule has 0 unspecified atom stereocenters. The summed E-state index contributed by atoms with van der Waals surface area (Å²) in [7, 11) is 3.68.